The number of hydrogen-bond donors (Lipinski definition) is 0. The van der Waals surface area contributed by atoms with Crippen LogP contribution in [0.25, 0.3) is 5.78 Å². The summed E-state index contributed by atoms with van der Waals surface area (Å²) in [6.07, 6.45) is 8.04. The highest BCUT2D eigenvalue weighted by molar-refractivity contribution is 5.92. The van der Waals surface area contributed by atoms with E-state index in [2.05, 4.69) is 19.8 Å². The number of piperazine rings is 1. The van der Waals surface area contributed by atoms with Crippen LogP contribution in [0.3, 0.4) is 0 Å². The lowest BCUT2D eigenvalue weighted by Crippen LogP contribution is -2.61. The standard InChI is InChI=1S/C18H24N6O/c25-17(15-12-24-5-1-4-19-18(24)20-15)23-10-8-22(9-11-23)16-13-21-6-2-14(16)3-7-21/h1,4-5,12,14,16H,2-3,6-11,13H2/t16-/m0/s1. The zero-order valence-corrected chi connectivity index (χ0v) is 14.4. The first-order chi connectivity index (χ1) is 12.3. The molecule has 0 spiro atoms. The summed E-state index contributed by atoms with van der Waals surface area (Å²) < 4.78 is 1.80. The molecule has 1 atom stereocenters. The van der Waals surface area contributed by atoms with E-state index in [0.29, 0.717) is 17.5 Å². The number of nitrogens with zero attached hydrogens (tertiary/aromatic N) is 6. The van der Waals surface area contributed by atoms with Crippen molar-refractivity contribution in [1.82, 2.24) is 29.1 Å². The molecule has 1 amide bonds. The van der Waals surface area contributed by atoms with Gasteiger partial charge in [0.1, 0.15) is 5.69 Å². The van der Waals surface area contributed by atoms with Gasteiger partial charge in [-0.3, -0.25) is 14.1 Å². The highest BCUT2D eigenvalue weighted by atomic mass is 16.2. The van der Waals surface area contributed by atoms with Crippen LogP contribution in [0, 0.1) is 5.92 Å². The highest BCUT2D eigenvalue weighted by Gasteiger charge is 2.38. The summed E-state index contributed by atoms with van der Waals surface area (Å²) in [5, 5.41) is 0. The maximum atomic E-state index is 12.8. The van der Waals surface area contributed by atoms with Gasteiger partial charge in [0.25, 0.3) is 5.91 Å². The van der Waals surface area contributed by atoms with Crippen molar-refractivity contribution in [2.75, 3.05) is 45.8 Å². The summed E-state index contributed by atoms with van der Waals surface area (Å²) in [5.74, 6) is 1.47. The Morgan fingerprint density at radius 1 is 1.08 bits per heavy atom. The SMILES string of the molecule is O=C(c1cn2cccnc2n1)N1CCN([C@H]2CN3CCC2CC3)CC1. The maximum absolute atomic E-state index is 12.8. The summed E-state index contributed by atoms with van der Waals surface area (Å²) in [6, 6.07) is 2.54. The smallest absolute Gasteiger partial charge is 0.274 e. The number of aromatic nitrogens is 3. The Balaban J connectivity index is 1.24. The predicted molar refractivity (Wildman–Crippen MR) is 93.4 cm³/mol. The fourth-order valence-corrected chi connectivity index (χ4v) is 4.70. The lowest BCUT2D eigenvalue weighted by atomic mass is 9.83. The second kappa shape index (κ2) is 6.07. The van der Waals surface area contributed by atoms with Crippen molar-refractivity contribution < 1.29 is 4.79 Å². The second-order valence-corrected chi connectivity index (χ2v) is 7.49. The van der Waals surface area contributed by atoms with Gasteiger partial charge >= 0.3 is 0 Å². The van der Waals surface area contributed by atoms with E-state index in [-0.39, 0.29) is 5.91 Å². The molecule has 4 aliphatic rings. The lowest BCUT2D eigenvalue weighted by molar-refractivity contribution is -0.0131. The topological polar surface area (TPSA) is 57.0 Å². The summed E-state index contributed by atoms with van der Waals surface area (Å²) in [4.78, 5) is 28.5. The molecule has 7 nitrogen and oxygen atoms in total. The fraction of sp³-hybridized carbons (Fsp3) is 0.611. The number of fused-ring (bicyclic) bond motifs is 4. The molecular weight excluding hydrogens is 316 g/mol. The van der Waals surface area contributed by atoms with Gasteiger partial charge in [0, 0.05) is 57.4 Å². The molecule has 4 aliphatic heterocycles. The van der Waals surface area contributed by atoms with E-state index >= 15 is 0 Å². The van der Waals surface area contributed by atoms with Crippen molar-refractivity contribution in [3.63, 3.8) is 0 Å². The van der Waals surface area contributed by atoms with Gasteiger partial charge in [0.05, 0.1) is 0 Å². The van der Waals surface area contributed by atoms with Gasteiger partial charge in [-0.15, -0.1) is 0 Å². The average molecular weight is 340 g/mol. The molecule has 2 bridgehead atoms. The summed E-state index contributed by atoms with van der Waals surface area (Å²) >= 11 is 0. The minimum Gasteiger partial charge on any atom is -0.335 e. The number of carbonyl (C=O) groups is 1. The molecule has 0 saturated carbocycles. The zero-order chi connectivity index (χ0) is 16.8. The average Bonchev–Trinajstić information content (AvgIpc) is 3.13. The predicted octanol–water partition coefficient (Wildman–Crippen LogP) is 0.581. The molecule has 7 heteroatoms. The summed E-state index contributed by atoms with van der Waals surface area (Å²) in [6.45, 7) is 7.32. The van der Waals surface area contributed by atoms with Crippen molar-refractivity contribution >= 4 is 11.7 Å². The van der Waals surface area contributed by atoms with E-state index in [1.165, 1.54) is 32.5 Å². The molecule has 0 aliphatic carbocycles. The van der Waals surface area contributed by atoms with Crippen LogP contribution in [-0.4, -0.2) is 86.8 Å². The molecule has 6 heterocycles. The Bertz CT molecular complexity index is 740. The molecule has 0 unspecified atom stereocenters. The van der Waals surface area contributed by atoms with Gasteiger partial charge in [-0.1, -0.05) is 0 Å². The molecule has 25 heavy (non-hydrogen) atoms. The van der Waals surface area contributed by atoms with E-state index < -0.39 is 0 Å². The molecule has 0 radical (unpaired) electrons. The molecule has 6 rings (SSSR count). The Morgan fingerprint density at radius 3 is 2.56 bits per heavy atom. The number of piperidine rings is 3. The number of amides is 1. The van der Waals surface area contributed by atoms with Crippen LogP contribution in [0.15, 0.2) is 24.7 Å². The summed E-state index contributed by atoms with van der Waals surface area (Å²) in [7, 11) is 0. The van der Waals surface area contributed by atoms with Gasteiger partial charge in [0.15, 0.2) is 0 Å². The second-order valence-electron chi connectivity index (χ2n) is 7.49. The number of carbonyl (C=O) groups excluding carboxylic acids is 1. The third-order valence-electron chi connectivity index (χ3n) is 6.15. The van der Waals surface area contributed by atoms with Crippen LogP contribution in [0.4, 0.5) is 0 Å². The van der Waals surface area contributed by atoms with Crippen molar-refractivity contribution in [3.05, 3.63) is 30.4 Å². The third-order valence-corrected chi connectivity index (χ3v) is 6.15. The highest BCUT2D eigenvalue weighted by Crippen LogP contribution is 2.31. The van der Waals surface area contributed by atoms with E-state index in [1.54, 1.807) is 16.8 Å². The number of imidazole rings is 1. The molecule has 2 aromatic heterocycles. The monoisotopic (exact) mass is 340 g/mol. The number of hydrogen-bond acceptors (Lipinski definition) is 5. The number of rotatable bonds is 2. The first kappa shape index (κ1) is 15.3. The van der Waals surface area contributed by atoms with Crippen molar-refractivity contribution in [2.45, 2.75) is 18.9 Å². The minimum absolute atomic E-state index is 0.0269. The Morgan fingerprint density at radius 2 is 1.88 bits per heavy atom. The van der Waals surface area contributed by atoms with Crippen molar-refractivity contribution in [1.29, 1.82) is 0 Å². The first-order valence-corrected chi connectivity index (χ1v) is 9.33. The van der Waals surface area contributed by atoms with E-state index in [0.717, 1.165) is 32.1 Å². The van der Waals surface area contributed by atoms with Crippen LogP contribution >= 0.6 is 0 Å². The van der Waals surface area contributed by atoms with Crippen LogP contribution in [0.5, 0.6) is 0 Å². The molecule has 132 valence electrons. The van der Waals surface area contributed by atoms with Gasteiger partial charge < -0.3 is 9.80 Å². The quantitative estimate of drug-likeness (QED) is 0.801. The lowest BCUT2D eigenvalue weighted by Gasteiger charge is -2.50. The Hall–Kier alpha value is -1.99. The molecular formula is C18H24N6O. The third kappa shape index (κ3) is 2.71. The Labute approximate surface area is 147 Å². The molecule has 2 aromatic rings. The Kier molecular flexibility index (Phi) is 3.71. The van der Waals surface area contributed by atoms with E-state index in [9.17, 15) is 4.79 Å². The fourth-order valence-electron chi connectivity index (χ4n) is 4.70. The van der Waals surface area contributed by atoms with Crippen molar-refractivity contribution in [3.8, 4) is 0 Å². The minimum atomic E-state index is 0.0269. The maximum Gasteiger partial charge on any atom is 0.274 e. The molecule has 0 aromatic carbocycles. The van der Waals surface area contributed by atoms with Gasteiger partial charge in [0.2, 0.25) is 5.78 Å². The molecule has 4 fully saturated rings. The van der Waals surface area contributed by atoms with Gasteiger partial charge in [-0.2, -0.15) is 0 Å². The van der Waals surface area contributed by atoms with Gasteiger partial charge in [-0.25, -0.2) is 9.97 Å². The van der Waals surface area contributed by atoms with Crippen LogP contribution < -0.4 is 0 Å². The van der Waals surface area contributed by atoms with E-state index in [4.69, 9.17) is 0 Å². The van der Waals surface area contributed by atoms with Crippen molar-refractivity contribution in [2.24, 2.45) is 5.92 Å². The molecule has 0 N–H and O–H groups in total. The van der Waals surface area contributed by atoms with Crippen LogP contribution in [-0.2, 0) is 0 Å². The van der Waals surface area contributed by atoms with E-state index in [1.807, 2.05) is 17.2 Å². The first-order valence-electron chi connectivity index (χ1n) is 9.33. The largest absolute Gasteiger partial charge is 0.335 e. The normalized spacial score (nSPS) is 30.1. The van der Waals surface area contributed by atoms with Gasteiger partial charge in [-0.05, 0) is 37.9 Å². The summed E-state index contributed by atoms with van der Waals surface area (Å²) in [5.41, 5.74) is 0.495. The molecule has 4 saturated heterocycles. The zero-order valence-electron chi connectivity index (χ0n) is 14.4. The van der Waals surface area contributed by atoms with Crippen LogP contribution in [0.1, 0.15) is 23.3 Å². The van der Waals surface area contributed by atoms with Crippen LogP contribution in [0.2, 0.25) is 0 Å².